The quantitative estimate of drug-likeness (QED) is 0.464. The van der Waals surface area contributed by atoms with Crippen LogP contribution in [0.2, 0.25) is 5.02 Å². The molecule has 2 rings (SSSR count). The van der Waals surface area contributed by atoms with E-state index in [0.29, 0.717) is 36.0 Å². The van der Waals surface area contributed by atoms with Gasteiger partial charge < -0.3 is 26.6 Å². The molecule has 0 radical (unpaired) electrons. The van der Waals surface area contributed by atoms with Gasteiger partial charge in [0.1, 0.15) is 16.7 Å². The zero-order valence-electron chi connectivity index (χ0n) is 18.6. The van der Waals surface area contributed by atoms with Gasteiger partial charge in [0.15, 0.2) is 0 Å². The van der Waals surface area contributed by atoms with Crippen LogP contribution in [0.25, 0.3) is 0 Å². The molecule has 3 atom stereocenters. The minimum absolute atomic E-state index is 0.0620. The van der Waals surface area contributed by atoms with Crippen molar-refractivity contribution in [2.45, 2.75) is 51.3 Å². The third kappa shape index (κ3) is 6.51. The number of likely N-dealkylation sites (N-methyl/N-ethyl adjacent to an activating group) is 2. The van der Waals surface area contributed by atoms with Gasteiger partial charge in [0, 0.05) is 41.4 Å². The average Bonchev–Trinajstić information content (AvgIpc) is 3.00. The number of carbonyl (C=O) groups is 3. The fourth-order valence-corrected chi connectivity index (χ4v) is 4.77. The molecule has 31 heavy (non-hydrogen) atoms. The zero-order chi connectivity index (χ0) is 23.3. The fraction of sp³-hybridized carbons (Fsp3) is 0.571. The Balaban J connectivity index is 2.08. The van der Waals surface area contributed by atoms with Crippen LogP contribution in [0, 0.1) is 5.41 Å². The molecule has 0 spiro atoms. The first-order valence-corrected chi connectivity index (χ1v) is 11.6. The Morgan fingerprint density at radius 2 is 1.87 bits per heavy atom. The van der Waals surface area contributed by atoms with Gasteiger partial charge in [0.05, 0.1) is 0 Å². The van der Waals surface area contributed by atoms with Gasteiger partial charge in [-0.2, -0.15) is 0 Å². The van der Waals surface area contributed by atoms with Crippen molar-refractivity contribution in [1.82, 2.24) is 10.2 Å². The summed E-state index contributed by atoms with van der Waals surface area (Å²) in [7, 11) is 0. The number of nitrogens with one attached hydrogen (secondary N) is 3. The van der Waals surface area contributed by atoms with Gasteiger partial charge in [-0.05, 0) is 32.0 Å². The zero-order valence-corrected chi connectivity index (χ0v) is 20.2. The summed E-state index contributed by atoms with van der Waals surface area (Å²) in [6.45, 7) is 10.5. The minimum atomic E-state index is -0.802. The summed E-state index contributed by atoms with van der Waals surface area (Å²) in [4.78, 5) is 38.9. The monoisotopic (exact) mass is 469 g/mol. The van der Waals surface area contributed by atoms with Crippen LogP contribution in [-0.2, 0) is 14.4 Å². The van der Waals surface area contributed by atoms with E-state index in [1.807, 2.05) is 34.6 Å². The molecule has 1 heterocycles. The predicted octanol–water partition coefficient (Wildman–Crippen LogP) is 2.49. The normalized spacial score (nSPS) is 19.8. The molecule has 3 amide bonds. The molecule has 5 N–H and O–H groups in total. The van der Waals surface area contributed by atoms with Crippen LogP contribution in [0.5, 0.6) is 0 Å². The highest BCUT2D eigenvalue weighted by Crippen LogP contribution is 2.34. The maximum atomic E-state index is 12.8. The molecule has 0 aliphatic carbocycles. The third-order valence-electron chi connectivity index (χ3n) is 4.80. The van der Waals surface area contributed by atoms with E-state index in [4.69, 9.17) is 17.3 Å². The number of benzene rings is 1. The molecule has 1 aliphatic heterocycles. The Labute approximate surface area is 193 Å². The van der Waals surface area contributed by atoms with Gasteiger partial charge >= 0.3 is 0 Å². The molecule has 1 unspecified atom stereocenters. The van der Waals surface area contributed by atoms with Crippen molar-refractivity contribution in [1.29, 1.82) is 0 Å². The summed E-state index contributed by atoms with van der Waals surface area (Å²) in [6.07, 6.45) is 0. The standard InChI is InChI=1S/C21H32ClN5O3S/c1-6-24-17(28)16(23)19-27(7-2)18(29)15(31-19)11-25-13-8-12(22)9-14(10-13)26-20(30)21(3,4)5/h8-10,15-16,19,25H,6-7,11,23H2,1-5H3,(H,24,28)(H,26,30)/t15-,16-,19?/m1/s1. The van der Waals surface area contributed by atoms with E-state index in [-0.39, 0.29) is 17.7 Å². The molecule has 8 nitrogen and oxygen atoms in total. The van der Waals surface area contributed by atoms with E-state index < -0.39 is 22.1 Å². The lowest BCUT2D eigenvalue weighted by atomic mass is 9.95. The van der Waals surface area contributed by atoms with Gasteiger partial charge in [-0.3, -0.25) is 14.4 Å². The summed E-state index contributed by atoms with van der Waals surface area (Å²) in [5, 5.41) is 8.45. The number of rotatable bonds is 8. The number of carbonyl (C=O) groups excluding carboxylic acids is 3. The van der Waals surface area contributed by atoms with Gasteiger partial charge in [0.25, 0.3) is 0 Å². The topological polar surface area (TPSA) is 117 Å². The maximum Gasteiger partial charge on any atom is 0.239 e. The number of halogens is 1. The third-order valence-corrected chi connectivity index (χ3v) is 6.54. The number of hydrogen-bond acceptors (Lipinski definition) is 6. The summed E-state index contributed by atoms with van der Waals surface area (Å²) in [6, 6.07) is 4.37. The van der Waals surface area contributed by atoms with Crippen LogP contribution in [0.4, 0.5) is 11.4 Å². The summed E-state index contributed by atoms with van der Waals surface area (Å²) < 4.78 is 0. The molecule has 0 aromatic heterocycles. The number of nitrogens with zero attached hydrogens (tertiary/aromatic N) is 1. The summed E-state index contributed by atoms with van der Waals surface area (Å²) in [5.41, 5.74) is 6.85. The lowest BCUT2D eigenvalue weighted by Gasteiger charge is -2.26. The first-order valence-electron chi connectivity index (χ1n) is 10.3. The number of nitrogens with two attached hydrogens (primary N) is 1. The smallest absolute Gasteiger partial charge is 0.239 e. The molecule has 0 bridgehead atoms. The summed E-state index contributed by atoms with van der Waals surface area (Å²) >= 11 is 7.59. The van der Waals surface area contributed by atoms with Crippen LogP contribution in [0.1, 0.15) is 34.6 Å². The number of anilines is 2. The van der Waals surface area contributed by atoms with Crippen LogP contribution in [-0.4, -0.2) is 58.9 Å². The van der Waals surface area contributed by atoms with Crippen LogP contribution in [0.15, 0.2) is 18.2 Å². The highest BCUT2D eigenvalue weighted by atomic mass is 35.5. The van der Waals surface area contributed by atoms with Crippen LogP contribution in [0.3, 0.4) is 0 Å². The largest absolute Gasteiger partial charge is 0.383 e. The Morgan fingerprint density at radius 3 is 2.45 bits per heavy atom. The lowest BCUT2D eigenvalue weighted by molar-refractivity contribution is -0.131. The van der Waals surface area contributed by atoms with Crippen molar-refractivity contribution in [3.05, 3.63) is 23.2 Å². The Bertz CT molecular complexity index is 830. The minimum Gasteiger partial charge on any atom is -0.383 e. The predicted molar refractivity (Wildman–Crippen MR) is 127 cm³/mol. The van der Waals surface area contributed by atoms with E-state index in [9.17, 15) is 14.4 Å². The average molecular weight is 470 g/mol. The lowest BCUT2D eigenvalue weighted by Crippen LogP contribution is -2.52. The van der Waals surface area contributed by atoms with Crippen LogP contribution < -0.4 is 21.7 Å². The molecule has 1 saturated heterocycles. The molecule has 1 aromatic carbocycles. The fourth-order valence-electron chi connectivity index (χ4n) is 3.07. The highest BCUT2D eigenvalue weighted by molar-refractivity contribution is 8.01. The number of hydrogen-bond donors (Lipinski definition) is 4. The Morgan fingerprint density at radius 1 is 1.23 bits per heavy atom. The molecular weight excluding hydrogens is 438 g/mol. The number of thioether (sulfide) groups is 1. The van der Waals surface area contributed by atoms with Crippen molar-refractivity contribution >= 4 is 52.5 Å². The second kappa shape index (κ2) is 10.6. The van der Waals surface area contributed by atoms with Crippen molar-refractivity contribution in [3.63, 3.8) is 0 Å². The van der Waals surface area contributed by atoms with E-state index in [1.54, 1.807) is 23.1 Å². The molecule has 1 fully saturated rings. The molecule has 0 saturated carbocycles. The van der Waals surface area contributed by atoms with Crippen molar-refractivity contribution in [3.8, 4) is 0 Å². The molecule has 10 heteroatoms. The highest BCUT2D eigenvalue weighted by Gasteiger charge is 2.44. The SMILES string of the molecule is CCNC(=O)[C@@H](N)C1S[C@H](CNc2cc(Cl)cc(NC(=O)C(C)(C)C)c2)C(=O)N1CC. The Kier molecular flexibility index (Phi) is 8.62. The second-order valence-electron chi connectivity index (χ2n) is 8.37. The molecule has 1 aromatic rings. The van der Waals surface area contributed by atoms with Gasteiger partial charge in [0.2, 0.25) is 17.7 Å². The Hall–Kier alpha value is -1.97. The van der Waals surface area contributed by atoms with Crippen molar-refractivity contribution in [2.24, 2.45) is 11.1 Å². The second-order valence-corrected chi connectivity index (χ2v) is 10.1. The first kappa shape index (κ1) is 25.3. The molecule has 1 aliphatic rings. The van der Waals surface area contributed by atoms with Gasteiger partial charge in [-0.15, -0.1) is 11.8 Å². The van der Waals surface area contributed by atoms with E-state index in [1.165, 1.54) is 11.8 Å². The molecule has 172 valence electrons. The van der Waals surface area contributed by atoms with Crippen LogP contribution >= 0.6 is 23.4 Å². The van der Waals surface area contributed by atoms with E-state index in [0.717, 1.165) is 0 Å². The van der Waals surface area contributed by atoms with E-state index >= 15 is 0 Å². The van der Waals surface area contributed by atoms with Crippen molar-refractivity contribution < 1.29 is 14.4 Å². The van der Waals surface area contributed by atoms with Crippen molar-refractivity contribution in [2.75, 3.05) is 30.3 Å². The van der Waals surface area contributed by atoms with E-state index in [2.05, 4.69) is 16.0 Å². The molecular formula is C21H32ClN5O3S. The summed E-state index contributed by atoms with van der Waals surface area (Å²) in [5.74, 6) is -0.454. The van der Waals surface area contributed by atoms with Gasteiger partial charge in [-0.1, -0.05) is 32.4 Å². The number of amides is 3. The van der Waals surface area contributed by atoms with Gasteiger partial charge in [-0.25, -0.2) is 0 Å². The first-order chi connectivity index (χ1) is 14.5. The maximum absolute atomic E-state index is 12.8.